The van der Waals surface area contributed by atoms with Crippen molar-refractivity contribution >= 4 is 34.4 Å². The van der Waals surface area contributed by atoms with Crippen LogP contribution in [0.15, 0.2) is 30.3 Å². The fraction of sp³-hybridized carbons (Fsp3) is 0.238. The highest BCUT2D eigenvalue weighted by Gasteiger charge is 2.27. The molecule has 0 saturated heterocycles. The molecule has 0 aliphatic carbocycles. The second-order valence-electron chi connectivity index (χ2n) is 6.53. The Morgan fingerprint density at radius 2 is 1.97 bits per heavy atom. The lowest BCUT2D eigenvalue weighted by Gasteiger charge is -2.08. The molecule has 0 bridgehead atoms. The third-order valence-corrected chi connectivity index (χ3v) is 4.79. The molecule has 1 heterocycles. The molecule has 8 heteroatoms. The van der Waals surface area contributed by atoms with Crippen molar-refractivity contribution in [1.82, 2.24) is 4.57 Å². The number of carbonyl (C=O) groups excluding carboxylic acids is 2. The number of nitrogens with zero attached hydrogens (tertiary/aromatic N) is 1. The summed E-state index contributed by atoms with van der Waals surface area (Å²) in [7, 11) is 0. The highest BCUT2D eigenvalue weighted by Crippen LogP contribution is 2.35. The number of ether oxygens (including phenoxy) is 1. The Labute approximate surface area is 170 Å². The first kappa shape index (κ1) is 20.8. The number of aromatic hydroxyl groups is 1. The lowest BCUT2D eigenvalue weighted by atomic mass is 10.1. The molecule has 0 saturated carbocycles. The maximum Gasteiger partial charge on any atom is 0.310 e. The van der Waals surface area contributed by atoms with Crippen molar-refractivity contribution in [3.05, 3.63) is 63.8 Å². The van der Waals surface area contributed by atoms with Gasteiger partial charge in [0.15, 0.2) is 17.4 Å². The van der Waals surface area contributed by atoms with Crippen LogP contribution < -0.4 is 0 Å². The lowest BCUT2D eigenvalue weighted by Crippen LogP contribution is -2.15. The van der Waals surface area contributed by atoms with Crippen LogP contribution >= 0.6 is 11.6 Å². The summed E-state index contributed by atoms with van der Waals surface area (Å²) in [5.74, 6) is -4.82. The largest absolute Gasteiger partial charge is 0.503 e. The summed E-state index contributed by atoms with van der Waals surface area (Å²) in [5.41, 5.74) is 0.483. The molecule has 0 aliphatic rings. The molecule has 29 heavy (non-hydrogen) atoms. The van der Waals surface area contributed by atoms with E-state index in [1.165, 1.54) is 19.1 Å². The van der Waals surface area contributed by atoms with Crippen LogP contribution in [0.2, 0.25) is 5.02 Å². The molecule has 1 N–H and O–H groups in total. The van der Waals surface area contributed by atoms with Crippen molar-refractivity contribution in [2.75, 3.05) is 6.61 Å². The second-order valence-corrected chi connectivity index (χ2v) is 6.96. The number of hydrogen-bond donors (Lipinski definition) is 1. The summed E-state index contributed by atoms with van der Waals surface area (Å²) < 4.78 is 35.0. The summed E-state index contributed by atoms with van der Waals surface area (Å²) >= 11 is 5.95. The average Bonchev–Trinajstić information content (AvgIpc) is 2.95. The van der Waals surface area contributed by atoms with Crippen LogP contribution in [0.1, 0.15) is 35.0 Å². The van der Waals surface area contributed by atoms with Crippen molar-refractivity contribution < 1.29 is 28.2 Å². The maximum absolute atomic E-state index is 14.8. The standard InChI is InChI=1S/C21H18ClF2NO4/c1-3-7-29-17(26)9-14-11(2)25(21(28)12-5-4-6-13(22)8-12)16-10-15(23)20(27)19(24)18(14)16/h4-6,8,10,27H,3,7,9H2,1-2H3. The van der Waals surface area contributed by atoms with E-state index >= 15 is 0 Å². The average molecular weight is 422 g/mol. The van der Waals surface area contributed by atoms with Gasteiger partial charge in [-0.15, -0.1) is 0 Å². The molecule has 0 atom stereocenters. The third-order valence-electron chi connectivity index (χ3n) is 4.55. The van der Waals surface area contributed by atoms with Gasteiger partial charge in [-0.1, -0.05) is 24.6 Å². The van der Waals surface area contributed by atoms with E-state index < -0.39 is 29.3 Å². The van der Waals surface area contributed by atoms with Gasteiger partial charge in [-0.05, 0) is 37.1 Å². The zero-order chi connectivity index (χ0) is 21.3. The first-order chi connectivity index (χ1) is 13.8. The minimum Gasteiger partial charge on any atom is -0.503 e. The van der Waals surface area contributed by atoms with Crippen LogP contribution in [0.4, 0.5) is 8.78 Å². The molecule has 0 fully saturated rings. The highest BCUT2D eigenvalue weighted by atomic mass is 35.5. The van der Waals surface area contributed by atoms with Gasteiger partial charge in [0, 0.05) is 27.7 Å². The Morgan fingerprint density at radius 1 is 1.24 bits per heavy atom. The van der Waals surface area contributed by atoms with E-state index in [0.29, 0.717) is 11.4 Å². The number of halogens is 3. The van der Waals surface area contributed by atoms with Crippen molar-refractivity contribution in [2.24, 2.45) is 0 Å². The zero-order valence-corrected chi connectivity index (χ0v) is 16.5. The second kappa shape index (κ2) is 8.21. The number of hydrogen-bond acceptors (Lipinski definition) is 4. The Hall–Kier alpha value is -2.93. The van der Waals surface area contributed by atoms with E-state index in [2.05, 4.69) is 0 Å². The topological polar surface area (TPSA) is 68.5 Å². The summed E-state index contributed by atoms with van der Waals surface area (Å²) in [6.45, 7) is 3.54. The number of rotatable bonds is 5. The molecule has 0 amide bonds. The quantitative estimate of drug-likeness (QED) is 0.602. The smallest absolute Gasteiger partial charge is 0.310 e. The molecule has 3 rings (SSSR count). The van der Waals surface area contributed by atoms with Crippen molar-refractivity contribution in [2.45, 2.75) is 26.7 Å². The number of fused-ring (bicyclic) bond motifs is 1. The van der Waals surface area contributed by atoms with Crippen molar-refractivity contribution in [3.8, 4) is 5.75 Å². The Morgan fingerprint density at radius 3 is 2.62 bits per heavy atom. The van der Waals surface area contributed by atoms with Gasteiger partial charge in [0.2, 0.25) is 0 Å². The SMILES string of the molecule is CCCOC(=O)Cc1c(C)n(C(=O)c2cccc(Cl)c2)c2cc(F)c(O)c(F)c12. The first-order valence-electron chi connectivity index (χ1n) is 8.93. The van der Waals surface area contributed by atoms with Gasteiger partial charge >= 0.3 is 5.97 Å². The molecule has 2 aromatic carbocycles. The first-order valence-corrected chi connectivity index (χ1v) is 9.30. The number of phenolic OH excluding ortho intramolecular Hbond substituents is 1. The minimum absolute atomic E-state index is 0.0985. The number of carbonyl (C=O) groups is 2. The lowest BCUT2D eigenvalue weighted by molar-refractivity contribution is -0.142. The van der Waals surface area contributed by atoms with E-state index in [4.69, 9.17) is 16.3 Å². The Kier molecular flexibility index (Phi) is 5.88. The molecular weight excluding hydrogens is 404 g/mol. The molecular formula is C21H18ClF2NO4. The van der Waals surface area contributed by atoms with Crippen LogP contribution in [0.3, 0.4) is 0 Å². The van der Waals surface area contributed by atoms with Crippen LogP contribution in [0.25, 0.3) is 10.9 Å². The Bertz CT molecular complexity index is 1120. The molecule has 152 valence electrons. The predicted molar refractivity (Wildman–Crippen MR) is 104 cm³/mol. The van der Waals surface area contributed by atoms with Crippen LogP contribution in [-0.2, 0) is 16.0 Å². The monoisotopic (exact) mass is 421 g/mol. The van der Waals surface area contributed by atoms with Gasteiger partial charge in [0.05, 0.1) is 18.5 Å². The normalized spacial score (nSPS) is 11.1. The number of esters is 1. The van der Waals surface area contributed by atoms with E-state index in [0.717, 1.165) is 10.6 Å². The number of benzene rings is 2. The van der Waals surface area contributed by atoms with Gasteiger partial charge in [0.1, 0.15) is 0 Å². The predicted octanol–water partition coefficient (Wildman–Crippen LogP) is 4.77. The van der Waals surface area contributed by atoms with E-state index in [1.54, 1.807) is 12.1 Å². The zero-order valence-electron chi connectivity index (χ0n) is 15.8. The fourth-order valence-corrected chi connectivity index (χ4v) is 3.39. The number of phenols is 1. The van der Waals surface area contributed by atoms with Crippen molar-refractivity contribution in [1.29, 1.82) is 0 Å². The van der Waals surface area contributed by atoms with Gasteiger partial charge in [0.25, 0.3) is 5.91 Å². The summed E-state index contributed by atoms with van der Waals surface area (Å²) in [6, 6.07) is 6.97. The molecule has 0 radical (unpaired) electrons. The van der Waals surface area contributed by atoms with E-state index in [1.807, 2.05) is 6.92 Å². The molecule has 5 nitrogen and oxygen atoms in total. The van der Waals surface area contributed by atoms with Crippen LogP contribution in [0.5, 0.6) is 5.75 Å². The molecule has 3 aromatic rings. The van der Waals surface area contributed by atoms with E-state index in [9.17, 15) is 23.5 Å². The van der Waals surface area contributed by atoms with Gasteiger partial charge in [-0.25, -0.2) is 8.78 Å². The summed E-state index contributed by atoms with van der Waals surface area (Å²) in [5, 5.41) is 9.84. The minimum atomic E-state index is -1.24. The molecule has 0 aliphatic heterocycles. The van der Waals surface area contributed by atoms with Gasteiger partial charge in [-0.3, -0.25) is 14.2 Å². The molecule has 1 aromatic heterocycles. The third kappa shape index (κ3) is 3.82. The van der Waals surface area contributed by atoms with Gasteiger partial charge < -0.3 is 9.84 Å². The summed E-state index contributed by atoms with van der Waals surface area (Å²) in [4.78, 5) is 25.2. The summed E-state index contributed by atoms with van der Waals surface area (Å²) in [6.07, 6.45) is 0.278. The maximum atomic E-state index is 14.8. The van der Waals surface area contributed by atoms with Crippen LogP contribution in [0, 0.1) is 18.6 Å². The molecule has 0 spiro atoms. The van der Waals surface area contributed by atoms with Crippen molar-refractivity contribution in [3.63, 3.8) is 0 Å². The highest BCUT2D eigenvalue weighted by molar-refractivity contribution is 6.31. The molecule has 0 unspecified atom stereocenters. The van der Waals surface area contributed by atoms with E-state index in [-0.39, 0.29) is 40.8 Å². The van der Waals surface area contributed by atoms with Gasteiger partial charge in [-0.2, -0.15) is 0 Å². The number of aromatic nitrogens is 1. The van der Waals surface area contributed by atoms with Crippen LogP contribution in [-0.4, -0.2) is 28.2 Å². The Balaban J connectivity index is 2.23. The fourth-order valence-electron chi connectivity index (χ4n) is 3.20.